The standard InChI is InChI=1S/C23H15BrF6N2.ClH/c24-18-8-4-15(5-9-18)21(32-19-10-6-16(7-11-19)22(25,26)27)12-13-31-20-3-1-2-17(14-20)23(28,29)30;/h1-14,31H;1H. The van der Waals surface area contributed by atoms with Crippen LogP contribution >= 0.6 is 15.9 Å². The van der Waals surface area contributed by atoms with Crippen LogP contribution in [0.15, 0.2) is 89.5 Å². The minimum atomic E-state index is -4.46. The molecule has 0 heterocycles. The van der Waals surface area contributed by atoms with E-state index in [0.717, 1.165) is 34.3 Å². The first-order valence-electron chi connectivity index (χ1n) is 9.20. The van der Waals surface area contributed by atoms with Gasteiger partial charge in [-0.2, -0.15) is 26.3 Å². The Morgan fingerprint density at radius 2 is 1.39 bits per heavy atom. The zero-order chi connectivity index (χ0) is 23.4. The summed E-state index contributed by atoms with van der Waals surface area (Å²) in [5, 5.41) is 2.78. The van der Waals surface area contributed by atoms with Crippen molar-refractivity contribution in [3.63, 3.8) is 0 Å². The number of hydrogen-bond acceptors (Lipinski definition) is 1. The van der Waals surface area contributed by atoms with Crippen molar-refractivity contribution in [3.05, 3.63) is 106 Å². The summed E-state index contributed by atoms with van der Waals surface area (Å²) in [6.45, 7) is 0. The first kappa shape index (κ1) is 26.5. The second-order valence-corrected chi connectivity index (χ2v) is 7.59. The Labute approximate surface area is 200 Å². The van der Waals surface area contributed by atoms with Gasteiger partial charge in [-0.15, -0.1) is 0 Å². The summed E-state index contributed by atoms with van der Waals surface area (Å²) >= 11 is 3.34. The summed E-state index contributed by atoms with van der Waals surface area (Å²) in [6.07, 6.45) is -5.86. The third-order valence-electron chi connectivity index (χ3n) is 4.34. The SMILES string of the molecule is FC(F)(F)c1ccc([NH+]=C(C=CNc2cccc(C(F)(F)F)c2)c2ccc(Br)cc2)cc1.[Cl-]. The van der Waals surface area contributed by atoms with E-state index in [1.807, 2.05) is 0 Å². The van der Waals surface area contributed by atoms with Crippen molar-refractivity contribution in [2.45, 2.75) is 12.4 Å². The normalized spacial score (nSPS) is 12.5. The lowest BCUT2D eigenvalue weighted by molar-refractivity contribution is -0.351. The van der Waals surface area contributed by atoms with Gasteiger partial charge < -0.3 is 17.7 Å². The second-order valence-electron chi connectivity index (χ2n) is 6.68. The fourth-order valence-corrected chi connectivity index (χ4v) is 3.01. The number of nitrogens with one attached hydrogen (secondary N) is 2. The lowest BCUT2D eigenvalue weighted by Gasteiger charge is -2.08. The first-order chi connectivity index (χ1) is 15.0. The molecule has 0 aliphatic rings. The zero-order valence-corrected chi connectivity index (χ0v) is 18.9. The van der Waals surface area contributed by atoms with E-state index >= 15 is 0 Å². The van der Waals surface area contributed by atoms with Gasteiger partial charge in [-0.1, -0.05) is 22.0 Å². The van der Waals surface area contributed by atoms with Gasteiger partial charge in [0.05, 0.1) is 11.1 Å². The predicted molar refractivity (Wildman–Crippen MR) is 115 cm³/mol. The molecule has 174 valence electrons. The van der Waals surface area contributed by atoms with E-state index in [4.69, 9.17) is 0 Å². The summed E-state index contributed by atoms with van der Waals surface area (Å²) in [7, 11) is 0. The molecule has 0 spiro atoms. The summed E-state index contributed by atoms with van der Waals surface area (Å²) in [5.41, 5.74) is 0.346. The summed E-state index contributed by atoms with van der Waals surface area (Å²) in [4.78, 5) is 3.04. The lowest BCUT2D eigenvalue weighted by atomic mass is 10.1. The maximum Gasteiger partial charge on any atom is 0.416 e. The van der Waals surface area contributed by atoms with Crippen molar-refractivity contribution in [3.8, 4) is 0 Å². The Hall–Kier alpha value is -2.78. The third-order valence-corrected chi connectivity index (χ3v) is 4.87. The van der Waals surface area contributed by atoms with Gasteiger partial charge in [-0.05, 0) is 54.6 Å². The maximum absolute atomic E-state index is 12.9. The zero-order valence-electron chi connectivity index (χ0n) is 16.6. The molecule has 0 aliphatic heterocycles. The molecule has 0 radical (unpaired) electrons. The van der Waals surface area contributed by atoms with Gasteiger partial charge in [0, 0.05) is 40.1 Å². The van der Waals surface area contributed by atoms with Crippen molar-refractivity contribution in [2.24, 2.45) is 0 Å². The Balaban J connectivity index is 0.00000385. The van der Waals surface area contributed by atoms with Gasteiger partial charge in [-0.25, -0.2) is 4.99 Å². The van der Waals surface area contributed by atoms with E-state index in [2.05, 4.69) is 26.2 Å². The average molecular weight is 550 g/mol. The van der Waals surface area contributed by atoms with Gasteiger partial charge in [0.25, 0.3) is 0 Å². The van der Waals surface area contributed by atoms with Gasteiger partial charge in [-0.3, -0.25) is 0 Å². The van der Waals surface area contributed by atoms with Gasteiger partial charge in [0.1, 0.15) is 0 Å². The first-order valence-corrected chi connectivity index (χ1v) is 9.99. The second kappa shape index (κ2) is 10.9. The molecule has 0 saturated carbocycles. The van der Waals surface area contributed by atoms with Crippen LogP contribution in [-0.4, -0.2) is 5.71 Å². The van der Waals surface area contributed by atoms with Crippen LogP contribution in [0.4, 0.5) is 37.7 Å². The Morgan fingerprint density at radius 1 is 0.788 bits per heavy atom. The third kappa shape index (κ3) is 7.64. The van der Waals surface area contributed by atoms with Crippen LogP contribution in [0.5, 0.6) is 0 Å². The fourth-order valence-electron chi connectivity index (χ4n) is 2.74. The van der Waals surface area contributed by atoms with E-state index in [-0.39, 0.29) is 18.1 Å². The number of halogens is 8. The van der Waals surface area contributed by atoms with Crippen molar-refractivity contribution in [1.29, 1.82) is 0 Å². The maximum atomic E-state index is 12.9. The summed E-state index contributed by atoms with van der Waals surface area (Å²) < 4.78 is 77.9. The van der Waals surface area contributed by atoms with Crippen LogP contribution in [0.2, 0.25) is 0 Å². The number of alkyl halides is 6. The summed E-state index contributed by atoms with van der Waals surface area (Å²) in [6, 6.07) is 16.4. The van der Waals surface area contributed by atoms with E-state index in [9.17, 15) is 26.3 Å². The molecule has 0 fully saturated rings. The van der Waals surface area contributed by atoms with Gasteiger partial charge >= 0.3 is 12.4 Å². The number of benzene rings is 3. The molecular formula is C23H16BrClF6N2. The number of allylic oxidation sites excluding steroid dienone is 1. The molecule has 0 unspecified atom stereocenters. The highest BCUT2D eigenvalue weighted by molar-refractivity contribution is 9.10. The monoisotopic (exact) mass is 548 g/mol. The molecule has 2 N–H and O–H groups in total. The average Bonchev–Trinajstić information content (AvgIpc) is 2.73. The quantitative estimate of drug-likeness (QED) is 0.371. The highest BCUT2D eigenvalue weighted by atomic mass is 79.9. The van der Waals surface area contributed by atoms with Crippen LogP contribution in [0, 0.1) is 0 Å². The molecule has 0 atom stereocenters. The number of rotatable bonds is 5. The largest absolute Gasteiger partial charge is 1.00 e. The lowest BCUT2D eigenvalue weighted by Crippen LogP contribution is -3.00. The topological polar surface area (TPSA) is 26.0 Å². The van der Waals surface area contributed by atoms with Crippen LogP contribution < -0.4 is 22.7 Å². The van der Waals surface area contributed by atoms with E-state index in [0.29, 0.717) is 11.4 Å². The molecule has 0 bridgehead atoms. The molecule has 33 heavy (non-hydrogen) atoms. The van der Waals surface area contributed by atoms with Crippen molar-refractivity contribution in [1.82, 2.24) is 0 Å². The van der Waals surface area contributed by atoms with E-state index in [1.54, 1.807) is 30.3 Å². The van der Waals surface area contributed by atoms with Gasteiger partial charge in [0.2, 0.25) is 11.4 Å². The van der Waals surface area contributed by atoms with Crippen LogP contribution in [0.3, 0.4) is 0 Å². The molecule has 10 heteroatoms. The van der Waals surface area contributed by atoms with Crippen LogP contribution in [0.1, 0.15) is 16.7 Å². The summed E-state index contributed by atoms with van der Waals surface area (Å²) in [5.74, 6) is 0. The number of hydrogen-bond donors (Lipinski definition) is 2. The molecule has 0 aliphatic carbocycles. The van der Waals surface area contributed by atoms with E-state index < -0.39 is 23.5 Å². The molecule has 3 aromatic rings. The Bertz CT molecular complexity index is 1120. The van der Waals surface area contributed by atoms with Crippen molar-refractivity contribution < 1.29 is 43.7 Å². The van der Waals surface area contributed by atoms with Crippen LogP contribution in [0.25, 0.3) is 0 Å². The number of anilines is 1. The minimum absolute atomic E-state index is 0. The predicted octanol–water partition coefficient (Wildman–Crippen LogP) is 3.32. The van der Waals surface area contributed by atoms with Crippen molar-refractivity contribution >= 4 is 33.0 Å². The van der Waals surface area contributed by atoms with Gasteiger partial charge in [0.15, 0.2) is 0 Å². The van der Waals surface area contributed by atoms with Crippen molar-refractivity contribution in [2.75, 3.05) is 5.32 Å². The highest BCUT2D eigenvalue weighted by Gasteiger charge is 2.31. The molecular weight excluding hydrogens is 534 g/mol. The molecule has 0 aromatic heterocycles. The van der Waals surface area contributed by atoms with E-state index in [1.165, 1.54) is 30.5 Å². The molecule has 0 amide bonds. The fraction of sp³-hybridized carbons (Fsp3) is 0.0870. The molecule has 0 saturated heterocycles. The minimum Gasteiger partial charge on any atom is -1.00 e. The molecule has 3 aromatic carbocycles. The molecule has 2 nitrogen and oxygen atoms in total. The molecule has 3 rings (SSSR count). The van der Waals surface area contributed by atoms with Crippen LogP contribution in [-0.2, 0) is 12.4 Å². The highest BCUT2D eigenvalue weighted by Crippen LogP contribution is 2.31. The smallest absolute Gasteiger partial charge is 0.416 e. The Morgan fingerprint density at radius 3 is 1.97 bits per heavy atom. The Kier molecular flexibility index (Phi) is 8.74.